The van der Waals surface area contributed by atoms with Crippen LogP contribution in [0.4, 0.5) is 24.5 Å². The maximum Gasteiger partial charge on any atom is 0.573 e. The van der Waals surface area contributed by atoms with E-state index in [1.54, 1.807) is 37.2 Å². The molecule has 12 heteroatoms. The first-order valence-corrected chi connectivity index (χ1v) is 12.8. The smallest absolute Gasteiger partial charge is 0.497 e. The second kappa shape index (κ2) is 13.0. The number of rotatable bonds is 8. The summed E-state index contributed by atoms with van der Waals surface area (Å²) < 4.78 is 45.9. The van der Waals surface area contributed by atoms with Crippen molar-refractivity contribution >= 4 is 46.7 Å². The number of halogens is 3. The van der Waals surface area contributed by atoms with Crippen molar-refractivity contribution in [1.82, 2.24) is 0 Å². The van der Waals surface area contributed by atoms with Gasteiger partial charge in [-0.05, 0) is 48.4 Å². The van der Waals surface area contributed by atoms with Crippen molar-refractivity contribution in [3.63, 3.8) is 0 Å². The average Bonchev–Trinajstić information content (AvgIpc) is 2.94. The molecule has 1 aliphatic rings. The summed E-state index contributed by atoms with van der Waals surface area (Å²) in [6.07, 6.45) is -0.804. The molecule has 3 aromatic rings. The summed E-state index contributed by atoms with van der Waals surface area (Å²) in [5, 5.41) is 9.55. The van der Waals surface area contributed by atoms with Crippen LogP contribution in [0.1, 0.15) is 17.5 Å². The number of thioether (sulfide) groups is 1. The van der Waals surface area contributed by atoms with E-state index >= 15 is 0 Å². The van der Waals surface area contributed by atoms with Crippen LogP contribution in [0.3, 0.4) is 0 Å². The highest BCUT2D eigenvalue weighted by Crippen LogP contribution is 2.28. The van der Waals surface area contributed by atoms with E-state index in [0.717, 1.165) is 40.9 Å². The van der Waals surface area contributed by atoms with E-state index in [2.05, 4.69) is 29.8 Å². The fourth-order valence-electron chi connectivity index (χ4n) is 3.51. The molecule has 3 aromatic carbocycles. The van der Waals surface area contributed by atoms with Crippen LogP contribution >= 0.6 is 11.8 Å². The lowest BCUT2D eigenvalue weighted by Crippen LogP contribution is -2.33. The Hall–Kier alpha value is -4.32. The van der Waals surface area contributed by atoms with E-state index < -0.39 is 6.36 Å². The molecule has 0 atom stereocenters. The molecule has 0 spiro atoms. The van der Waals surface area contributed by atoms with E-state index in [4.69, 9.17) is 10.5 Å². The number of benzene rings is 3. The number of alkyl halides is 3. The van der Waals surface area contributed by atoms with Gasteiger partial charge in [0.1, 0.15) is 23.7 Å². The molecule has 1 heterocycles. The van der Waals surface area contributed by atoms with E-state index in [-0.39, 0.29) is 11.6 Å². The monoisotopic (exact) mass is 554 g/mol. The summed E-state index contributed by atoms with van der Waals surface area (Å²) in [6, 6.07) is 20.2. The highest BCUT2D eigenvalue weighted by atomic mass is 32.2. The maximum atomic E-state index is 12.2. The molecule has 0 amide bonds. The highest BCUT2D eigenvalue weighted by Gasteiger charge is 2.30. The van der Waals surface area contributed by atoms with Crippen molar-refractivity contribution in [2.75, 3.05) is 24.3 Å². The van der Waals surface area contributed by atoms with Crippen LogP contribution in [-0.4, -0.2) is 49.3 Å². The topological polar surface area (TPSA) is 97.2 Å². The molecule has 2 N–H and O–H groups in total. The number of methoxy groups -OCH3 is 1. The SMILES string of the molecule is COc1cccc(N2CCCS/C2=N\N=C\c2ccc(C(N)=NC=Nc3ccc(OC(F)(F)F)cc3)cc2)c1. The minimum atomic E-state index is -4.74. The van der Waals surface area contributed by atoms with E-state index in [1.165, 1.54) is 30.6 Å². The molecule has 8 nitrogen and oxygen atoms in total. The number of aliphatic imine (C=N–C) groups is 2. The Morgan fingerprint density at radius 2 is 1.79 bits per heavy atom. The lowest BCUT2D eigenvalue weighted by atomic mass is 10.1. The molecule has 39 heavy (non-hydrogen) atoms. The standard InChI is InChI=1S/C27H25F3N6O2S/c1-37-24-5-2-4-22(16-24)36-14-3-15-39-26(36)35-34-17-19-6-8-20(9-7-19)25(31)33-18-32-21-10-12-23(13-11-21)38-27(28,29)30/h2,4-13,16-18H,3,14-15H2,1H3,(H2,31,32,33)/b34-17+,35-26-. The lowest BCUT2D eigenvalue weighted by molar-refractivity contribution is -0.274. The van der Waals surface area contributed by atoms with E-state index in [0.29, 0.717) is 11.3 Å². The van der Waals surface area contributed by atoms with Gasteiger partial charge in [0.2, 0.25) is 0 Å². The zero-order valence-electron chi connectivity index (χ0n) is 20.9. The zero-order chi connectivity index (χ0) is 27.7. The van der Waals surface area contributed by atoms with Crippen molar-refractivity contribution in [3.05, 3.63) is 83.9 Å². The van der Waals surface area contributed by atoms with E-state index in [1.807, 2.05) is 36.4 Å². The van der Waals surface area contributed by atoms with Crippen molar-refractivity contribution in [1.29, 1.82) is 0 Å². The van der Waals surface area contributed by atoms with Gasteiger partial charge in [0.25, 0.3) is 0 Å². The van der Waals surface area contributed by atoms with Crippen molar-refractivity contribution in [2.24, 2.45) is 25.9 Å². The minimum Gasteiger partial charge on any atom is -0.497 e. The fraction of sp³-hybridized carbons (Fsp3) is 0.185. The van der Waals surface area contributed by atoms with Gasteiger partial charge in [0.05, 0.1) is 19.0 Å². The third-order valence-electron chi connectivity index (χ3n) is 5.38. The van der Waals surface area contributed by atoms with Crippen LogP contribution in [0.2, 0.25) is 0 Å². The van der Waals surface area contributed by atoms with Gasteiger partial charge in [-0.3, -0.25) is 0 Å². The number of anilines is 1. The molecule has 1 saturated heterocycles. The van der Waals surface area contributed by atoms with Gasteiger partial charge in [-0.1, -0.05) is 42.1 Å². The quantitative estimate of drug-likeness (QED) is 0.210. The summed E-state index contributed by atoms with van der Waals surface area (Å²) in [5.41, 5.74) is 8.94. The Morgan fingerprint density at radius 1 is 1.03 bits per heavy atom. The molecule has 0 aromatic heterocycles. The van der Waals surface area contributed by atoms with Crippen LogP contribution in [0, 0.1) is 0 Å². The normalized spacial score (nSPS) is 15.8. The van der Waals surface area contributed by atoms with Gasteiger partial charge in [0.15, 0.2) is 5.17 Å². The van der Waals surface area contributed by atoms with Gasteiger partial charge < -0.3 is 20.1 Å². The Kier molecular flexibility index (Phi) is 9.21. The zero-order valence-corrected chi connectivity index (χ0v) is 21.7. The van der Waals surface area contributed by atoms with Crippen LogP contribution < -0.4 is 20.1 Å². The first-order valence-electron chi connectivity index (χ1n) is 11.8. The molecular formula is C27H25F3N6O2S. The number of ether oxygens (including phenoxy) is 2. The molecule has 4 rings (SSSR count). The molecule has 0 bridgehead atoms. The Labute approximate surface area is 227 Å². The summed E-state index contributed by atoms with van der Waals surface area (Å²) in [4.78, 5) is 10.3. The summed E-state index contributed by atoms with van der Waals surface area (Å²) in [7, 11) is 1.64. The van der Waals surface area contributed by atoms with Crippen molar-refractivity contribution in [3.8, 4) is 11.5 Å². The average molecular weight is 555 g/mol. The molecule has 0 aliphatic carbocycles. The number of nitrogens with two attached hydrogens (primary N) is 1. The van der Waals surface area contributed by atoms with Crippen molar-refractivity contribution in [2.45, 2.75) is 12.8 Å². The summed E-state index contributed by atoms with van der Waals surface area (Å²) >= 11 is 1.66. The maximum absolute atomic E-state index is 12.2. The minimum absolute atomic E-state index is 0.229. The van der Waals surface area contributed by atoms with E-state index in [9.17, 15) is 13.2 Å². The van der Waals surface area contributed by atoms with Gasteiger partial charge in [-0.25, -0.2) is 9.98 Å². The fourth-order valence-corrected chi connectivity index (χ4v) is 4.42. The largest absolute Gasteiger partial charge is 0.573 e. The van der Waals surface area contributed by atoms with Gasteiger partial charge in [-0.2, -0.15) is 5.10 Å². The van der Waals surface area contributed by atoms with Crippen LogP contribution in [0.5, 0.6) is 11.5 Å². The number of amidine groups is 2. The predicted octanol–water partition coefficient (Wildman–Crippen LogP) is 5.99. The summed E-state index contributed by atoms with van der Waals surface area (Å²) in [6.45, 7) is 0.850. The number of hydrogen-bond acceptors (Lipinski definition) is 6. The Balaban J connectivity index is 1.37. The third-order valence-corrected chi connectivity index (χ3v) is 6.44. The number of hydrogen-bond donors (Lipinski definition) is 1. The Bertz CT molecular complexity index is 1370. The second-order valence-electron chi connectivity index (χ2n) is 8.10. The van der Waals surface area contributed by atoms with Crippen LogP contribution in [0.15, 0.2) is 93.0 Å². The molecule has 1 fully saturated rings. The lowest BCUT2D eigenvalue weighted by Gasteiger charge is -2.29. The van der Waals surface area contributed by atoms with Gasteiger partial charge >= 0.3 is 6.36 Å². The highest BCUT2D eigenvalue weighted by molar-refractivity contribution is 8.14. The van der Waals surface area contributed by atoms with Gasteiger partial charge in [0, 0.05) is 29.6 Å². The van der Waals surface area contributed by atoms with Crippen molar-refractivity contribution < 1.29 is 22.6 Å². The molecule has 0 unspecified atom stereocenters. The predicted molar refractivity (Wildman–Crippen MR) is 151 cm³/mol. The van der Waals surface area contributed by atoms with Crippen LogP contribution in [-0.2, 0) is 0 Å². The molecule has 202 valence electrons. The van der Waals surface area contributed by atoms with Crippen LogP contribution in [0.25, 0.3) is 0 Å². The van der Waals surface area contributed by atoms with Gasteiger partial charge in [-0.15, -0.1) is 18.3 Å². The second-order valence-corrected chi connectivity index (χ2v) is 9.17. The molecule has 1 aliphatic heterocycles. The summed E-state index contributed by atoms with van der Waals surface area (Å²) in [5.74, 6) is 1.66. The first kappa shape index (κ1) is 27.7. The molecule has 0 radical (unpaired) electrons. The third kappa shape index (κ3) is 8.34. The number of nitrogens with zero attached hydrogens (tertiary/aromatic N) is 5. The first-order chi connectivity index (χ1) is 18.8. The molecule has 0 saturated carbocycles. The molecular weight excluding hydrogens is 529 g/mol. The Morgan fingerprint density at radius 3 is 2.51 bits per heavy atom.